The van der Waals surface area contributed by atoms with Crippen LogP contribution in [0.2, 0.25) is 0 Å². The first-order chi connectivity index (χ1) is 14.2. The van der Waals surface area contributed by atoms with Gasteiger partial charge in [0.2, 0.25) is 5.95 Å². The van der Waals surface area contributed by atoms with E-state index in [1.807, 2.05) is 48.5 Å². The Bertz CT molecular complexity index is 899. The monoisotopic (exact) mass is 391 g/mol. The van der Waals surface area contributed by atoms with Crippen LogP contribution in [0.25, 0.3) is 11.3 Å². The number of ether oxygens (including phenoxy) is 1. The van der Waals surface area contributed by atoms with Crippen molar-refractivity contribution < 1.29 is 4.74 Å². The summed E-state index contributed by atoms with van der Waals surface area (Å²) in [5, 5.41) is 6.77. The minimum Gasteiger partial charge on any atom is -0.496 e. The molecule has 0 radical (unpaired) electrons. The van der Waals surface area contributed by atoms with Gasteiger partial charge in [0, 0.05) is 30.3 Å². The molecule has 3 aromatic rings. The van der Waals surface area contributed by atoms with Gasteiger partial charge in [0.25, 0.3) is 0 Å². The smallest absolute Gasteiger partial charge is 0.225 e. The molecule has 1 heterocycles. The van der Waals surface area contributed by atoms with Crippen molar-refractivity contribution in [1.29, 1.82) is 0 Å². The minimum absolute atomic E-state index is 0.620. The maximum absolute atomic E-state index is 5.45. The molecule has 6 nitrogen and oxygen atoms in total. The molecule has 0 bridgehead atoms. The maximum atomic E-state index is 5.45. The van der Waals surface area contributed by atoms with Crippen molar-refractivity contribution in [2.45, 2.75) is 13.0 Å². The second kappa shape index (κ2) is 10.4. The number of benzene rings is 2. The molecule has 1 aromatic heterocycles. The molecule has 0 aliphatic carbocycles. The molecule has 3 rings (SSSR count). The largest absolute Gasteiger partial charge is 0.496 e. The van der Waals surface area contributed by atoms with Crippen LogP contribution in [0.15, 0.2) is 60.7 Å². The highest BCUT2D eigenvalue weighted by atomic mass is 16.5. The van der Waals surface area contributed by atoms with Crippen molar-refractivity contribution in [2.24, 2.45) is 0 Å². The zero-order valence-corrected chi connectivity index (χ0v) is 17.4. The lowest BCUT2D eigenvalue weighted by Crippen LogP contribution is -2.17. The molecule has 0 aliphatic rings. The Kier molecular flexibility index (Phi) is 7.41. The van der Waals surface area contributed by atoms with Crippen LogP contribution >= 0.6 is 0 Å². The summed E-state index contributed by atoms with van der Waals surface area (Å²) < 4.78 is 5.45. The van der Waals surface area contributed by atoms with Crippen molar-refractivity contribution in [3.63, 3.8) is 0 Å². The summed E-state index contributed by atoms with van der Waals surface area (Å²) in [6.07, 6.45) is 1.02. The van der Waals surface area contributed by atoms with Gasteiger partial charge >= 0.3 is 0 Å². The van der Waals surface area contributed by atoms with E-state index < -0.39 is 0 Å². The molecule has 6 heteroatoms. The number of hydrogen-bond acceptors (Lipinski definition) is 6. The number of para-hydroxylation sites is 1. The summed E-state index contributed by atoms with van der Waals surface area (Å²) in [6.45, 7) is 2.46. The lowest BCUT2D eigenvalue weighted by molar-refractivity contribution is 0.405. The predicted molar refractivity (Wildman–Crippen MR) is 119 cm³/mol. The molecular weight excluding hydrogens is 362 g/mol. The molecule has 0 unspecified atom stereocenters. The summed E-state index contributed by atoms with van der Waals surface area (Å²) >= 11 is 0. The highest BCUT2D eigenvalue weighted by Crippen LogP contribution is 2.23. The van der Waals surface area contributed by atoms with Crippen LogP contribution in [0.1, 0.15) is 12.0 Å². The van der Waals surface area contributed by atoms with Gasteiger partial charge in [0.1, 0.15) is 11.6 Å². The fraction of sp³-hybridized carbons (Fsp3) is 0.304. The van der Waals surface area contributed by atoms with Crippen molar-refractivity contribution in [1.82, 2.24) is 14.9 Å². The van der Waals surface area contributed by atoms with Crippen LogP contribution in [0, 0.1) is 0 Å². The average Bonchev–Trinajstić information content (AvgIpc) is 2.76. The Morgan fingerprint density at radius 2 is 1.69 bits per heavy atom. The third-order valence-electron chi connectivity index (χ3n) is 4.51. The average molecular weight is 392 g/mol. The van der Waals surface area contributed by atoms with Crippen molar-refractivity contribution in [3.8, 4) is 17.0 Å². The second-order valence-electron chi connectivity index (χ2n) is 7.08. The molecule has 2 aromatic carbocycles. The zero-order valence-electron chi connectivity index (χ0n) is 17.4. The SMILES string of the molecule is COc1ccccc1CNc1cc(-c2ccccc2)nc(NCCCN(C)C)n1. The Balaban J connectivity index is 1.78. The van der Waals surface area contributed by atoms with E-state index in [9.17, 15) is 0 Å². The lowest BCUT2D eigenvalue weighted by atomic mass is 10.1. The summed E-state index contributed by atoms with van der Waals surface area (Å²) in [6, 6.07) is 20.1. The first-order valence-electron chi connectivity index (χ1n) is 9.84. The van der Waals surface area contributed by atoms with Gasteiger partial charge in [-0.05, 0) is 33.1 Å². The van der Waals surface area contributed by atoms with Gasteiger partial charge in [-0.15, -0.1) is 0 Å². The Morgan fingerprint density at radius 1 is 0.931 bits per heavy atom. The van der Waals surface area contributed by atoms with E-state index in [0.717, 1.165) is 47.9 Å². The molecular formula is C23H29N5O. The van der Waals surface area contributed by atoms with Gasteiger partial charge in [-0.1, -0.05) is 48.5 Å². The summed E-state index contributed by atoms with van der Waals surface area (Å²) in [7, 11) is 5.84. The van der Waals surface area contributed by atoms with Crippen LogP contribution in [-0.4, -0.2) is 49.2 Å². The van der Waals surface area contributed by atoms with E-state index in [4.69, 9.17) is 9.72 Å². The summed E-state index contributed by atoms with van der Waals surface area (Å²) in [4.78, 5) is 11.5. The molecule has 0 amide bonds. The highest BCUT2D eigenvalue weighted by Gasteiger charge is 2.08. The van der Waals surface area contributed by atoms with Gasteiger partial charge in [0.15, 0.2) is 0 Å². The fourth-order valence-corrected chi connectivity index (χ4v) is 3.00. The first-order valence-corrected chi connectivity index (χ1v) is 9.84. The van der Waals surface area contributed by atoms with Crippen molar-refractivity contribution in [3.05, 3.63) is 66.2 Å². The third-order valence-corrected chi connectivity index (χ3v) is 4.51. The van der Waals surface area contributed by atoms with Crippen LogP contribution in [0.4, 0.5) is 11.8 Å². The Labute approximate surface area is 173 Å². The lowest BCUT2D eigenvalue weighted by Gasteiger charge is -2.14. The van der Waals surface area contributed by atoms with Gasteiger partial charge < -0.3 is 20.3 Å². The number of hydrogen-bond donors (Lipinski definition) is 2. The van der Waals surface area contributed by atoms with E-state index in [0.29, 0.717) is 12.5 Å². The first kappa shape index (κ1) is 20.6. The quantitative estimate of drug-likeness (QED) is 0.507. The maximum Gasteiger partial charge on any atom is 0.225 e. The van der Waals surface area contributed by atoms with E-state index in [1.54, 1.807) is 7.11 Å². The van der Waals surface area contributed by atoms with Crippen LogP contribution in [0.3, 0.4) is 0 Å². The normalized spacial score (nSPS) is 10.8. The molecule has 152 valence electrons. The number of nitrogens with one attached hydrogen (secondary N) is 2. The van der Waals surface area contributed by atoms with Crippen LogP contribution in [0.5, 0.6) is 5.75 Å². The summed E-state index contributed by atoms with van der Waals surface area (Å²) in [5.41, 5.74) is 3.03. The van der Waals surface area contributed by atoms with Gasteiger partial charge in [-0.2, -0.15) is 4.98 Å². The Morgan fingerprint density at radius 3 is 2.45 bits per heavy atom. The van der Waals surface area contributed by atoms with E-state index in [1.165, 1.54) is 0 Å². The number of anilines is 2. The molecule has 29 heavy (non-hydrogen) atoms. The van der Waals surface area contributed by atoms with E-state index in [2.05, 4.69) is 46.7 Å². The topological polar surface area (TPSA) is 62.3 Å². The van der Waals surface area contributed by atoms with Gasteiger partial charge in [-0.25, -0.2) is 4.98 Å². The number of rotatable bonds is 10. The third kappa shape index (κ3) is 6.19. The molecule has 0 saturated heterocycles. The molecule has 0 spiro atoms. The zero-order chi connectivity index (χ0) is 20.5. The van der Waals surface area contributed by atoms with Gasteiger partial charge in [-0.3, -0.25) is 0 Å². The molecule has 0 fully saturated rings. The number of methoxy groups -OCH3 is 1. The highest BCUT2D eigenvalue weighted by molar-refractivity contribution is 5.64. The number of aromatic nitrogens is 2. The molecule has 2 N–H and O–H groups in total. The second-order valence-corrected chi connectivity index (χ2v) is 7.08. The van der Waals surface area contributed by atoms with E-state index >= 15 is 0 Å². The fourth-order valence-electron chi connectivity index (χ4n) is 3.00. The molecule has 0 aliphatic heterocycles. The number of nitrogens with zero attached hydrogens (tertiary/aromatic N) is 3. The van der Waals surface area contributed by atoms with Crippen molar-refractivity contribution >= 4 is 11.8 Å². The molecule has 0 atom stereocenters. The Hall–Kier alpha value is -3.12. The van der Waals surface area contributed by atoms with Crippen molar-refractivity contribution in [2.75, 3.05) is 44.9 Å². The van der Waals surface area contributed by atoms with Gasteiger partial charge in [0.05, 0.1) is 12.8 Å². The van der Waals surface area contributed by atoms with E-state index in [-0.39, 0.29) is 0 Å². The van der Waals surface area contributed by atoms with Crippen LogP contribution < -0.4 is 15.4 Å². The summed E-state index contributed by atoms with van der Waals surface area (Å²) in [5.74, 6) is 2.27. The van der Waals surface area contributed by atoms with Crippen LogP contribution in [-0.2, 0) is 6.54 Å². The standard InChI is InChI=1S/C23H29N5O/c1-28(2)15-9-14-24-23-26-20(18-10-5-4-6-11-18)16-22(27-23)25-17-19-12-7-8-13-21(19)29-3/h4-8,10-13,16H,9,14-15,17H2,1-3H3,(H2,24,25,26,27). The predicted octanol–water partition coefficient (Wildman–Crippen LogP) is 4.13. The minimum atomic E-state index is 0.620. The molecule has 0 saturated carbocycles.